The maximum absolute atomic E-state index is 12.0. The molecule has 2 saturated heterocycles. The quantitative estimate of drug-likeness (QED) is 0.846. The smallest absolute Gasteiger partial charge is 0.213 e. The number of rotatable bonds is 4. The van der Waals surface area contributed by atoms with Crippen molar-refractivity contribution < 1.29 is 8.42 Å². The number of likely N-dealkylation sites (tertiary alicyclic amines) is 1. The maximum Gasteiger partial charge on any atom is 0.213 e. The van der Waals surface area contributed by atoms with Gasteiger partial charge in [-0.1, -0.05) is 6.07 Å². The van der Waals surface area contributed by atoms with Gasteiger partial charge >= 0.3 is 0 Å². The van der Waals surface area contributed by atoms with E-state index in [1.54, 1.807) is 11.2 Å². The maximum atomic E-state index is 12.0. The van der Waals surface area contributed by atoms with Gasteiger partial charge in [-0.2, -0.15) is 0 Å². The SMILES string of the molecule is CCS(=O)(=O)N1CCC2(CCN(Cc3ccccn3)CC2)C1. The average molecular weight is 323 g/mol. The largest absolute Gasteiger partial charge is 0.297 e. The average Bonchev–Trinajstić information content (AvgIpc) is 2.96. The van der Waals surface area contributed by atoms with Crippen LogP contribution in [0.2, 0.25) is 0 Å². The Balaban J connectivity index is 1.56. The Bertz CT molecular complexity index is 595. The van der Waals surface area contributed by atoms with Crippen molar-refractivity contribution in [2.24, 2.45) is 5.41 Å². The van der Waals surface area contributed by atoms with Crippen LogP contribution in [0, 0.1) is 5.41 Å². The summed E-state index contributed by atoms with van der Waals surface area (Å²) in [4.78, 5) is 6.82. The summed E-state index contributed by atoms with van der Waals surface area (Å²) in [5.74, 6) is 0.217. The highest BCUT2D eigenvalue weighted by Crippen LogP contribution is 2.41. The second-order valence-electron chi connectivity index (χ2n) is 6.58. The topological polar surface area (TPSA) is 53.5 Å². The zero-order valence-electron chi connectivity index (χ0n) is 13.2. The second-order valence-corrected chi connectivity index (χ2v) is 8.84. The summed E-state index contributed by atoms with van der Waals surface area (Å²) in [5, 5.41) is 0. The molecule has 0 amide bonds. The molecule has 1 aromatic heterocycles. The third-order valence-electron chi connectivity index (χ3n) is 5.19. The summed E-state index contributed by atoms with van der Waals surface area (Å²) in [7, 11) is -3.03. The van der Waals surface area contributed by atoms with Gasteiger partial charge in [0.25, 0.3) is 0 Å². The molecule has 2 aliphatic rings. The molecule has 1 aromatic rings. The van der Waals surface area contributed by atoms with Gasteiger partial charge in [-0.05, 0) is 56.8 Å². The van der Waals surface area contributed by atoms with E-state index in [4.69, 9.17) is 0 Å². The molecular weight excluding hydrogens is 298 g/mol. The minimum atomic E-state index is -3.03. The van der Waals surface area contributed by atoms with Crippen molar-refractivity contribution in [3.63, 3.8) is 0 Å². The van der Waals surface area contributed by atoms with Crippen molar-refractivity contribution in [3.05, 3.63) is 30.1 Å². The lowest BCUT2D eigenvalue weighted by Gasteiger charge is -2.39. The highest BCUT2D eigenvalue weighted by Gasteiger charge is 2.43. The van der Waals surface area contributed by atoms with Crippen LogP contribution in [0.1, 0.15) is 31.9 Å². The van der Waals surface area contributed by atoms with Crippen LogP contribution in [0.3, 0.4) is 0 Å². The standard InChI is InChI=1S/C16H25N3O2S/c1-2-22(20,21)19-12-8-16(14-19)6-10-18(11-7-16)13-15-5-3-4-9-17-15/h3-5,9H,2,6-8,10-14H2,1H3. The van der Waals surface area contributed by atoms with E-state index in [1.165, 1.54) is 0 Å². The molecule has 2 aliphatic heterocycles. The van der Waals surface area contributed by atoms with Crippen molar-refractivity contribution in [2.75, 3.05) is 31.9 Å². The van der Waals surface area contributed by atoms with Crippen molar-refractivity contribution in [1.29, 1.82) is 0 Å². The van der Waals surface area contributed by atoms with E-state index in [-0.39, 0.29) is 11.2 Å². The monoisotopic (exact) mass is 323 g/mol. The van der Waals surface area contributed by atoms with Crippen LogP contribution in [0.5, 0.6) is 0 Å². The molecule has 6 heteroatoms. The highest BCUT2D eigenvalue weighted by molar-refractivity contribution is 7.89. The summed E-state index contributed by atoms with van der Waals surface area (Å²) in [6, 6.07) is 6.03. The predicted molar refractivity (Wildman–Crippen MR) is 86.8 cm³/mol. The molecule has 0 radical (unpaired) electrons. The van der Waals surface area contributed by atoms with Gasteiger partial charge in [0.15, 0.2) is 0 Å². The molecule has 0 aromatic carbocycles. The number of nitrogens with zero attached hydrogens (tertiary/aromatic N) is 3. The third-order valence-corrected chi connectivity index (χ3v) is 7.02. The summed E-state index contributed by atoms with van der Waals surface area (Å²) < 4.78 is 25.8. The molecule has 0 unspecified atom stereocenters. The fourth-order valence-corrected chi connectivity index (χ4v) is 4.83. The first-order chi connectivity index (χ1) is 10.5. The molecule has 3 heterocycles. The van der Waals surface area contributed by atoms with Crippen LogP contribution in [0.15, 0.2) is 24.4 Å². The Kier molecular flexibility index (Phi) is 4.52. The first-order valence-electron chi connectivity index (χ1n) is 8.13. The lowest BCUT2D eigenvalue weighted by atomic mass is 9.78. The molecule has 0 bridgehead atoms. The summed E-state index contributed by atoms with van der Waals surface area (Å²) in [5.41, 5.74) is 1.32. The van der Waals surface area contributed by atoms with Crippen LogP contribution in [-0.4, -0.2) is 54.5 Å². The molecule has 5 nitrogen and oxygen atoms in total. The third kappa shape index (κ3) is 3.34. The van der Waals surface area contributed by atoms with Gasteiger partial charge in [-0.15, -0.1) is 0 Å². The van der Waals surface area contributed by atoms with E-state index in [9.17, 15) is 8.42 Å². The van der Waals surface area contributed by atoms with Gasteiger partial charge in [-0.3, -0.25) is 9.88 Å². The van der Waals surface area contributed by atoms with E-state index in [0.717, 1.165) is 51.1 Å². The van der Waals surface area contributed by atoms with E-state index in [2.05, 4.69) is 16.0 Å². The summed E-state index contributed by atoms with van der Waals surface area (Å²) >= 11 is 0. The lowest BCUT2D eigenvalue weighted by molar-refractivity contribution is 0.108. The van der Waals surface area contributed by atoms with E-state index in [1.807, 2.05) is 18.3 Å². The molecule has 2 fully saturated rings. The Morgan fingerprint density at radius 2 is 1.91 bits per heavy atom. The molecular formula is C16H25N3O2S. The van der Waals surface area contributed by atoms with Crippen molar-refractivity contribution in [3.8, 4) is 0 Å². The number of aromatic nitrogens is 1. The molecule has 0 saturated carbocycles. The van der Waals surface area contributed by atoms with E-state index >= 15 is 0 Å². The Morgan fingerprint density at radius 1 is 1.18 bits per heavy atom. The van der Waals surface area contributed by atoms with Crippen LogP contribution in [0.25, 0.3) is 0 Å². The highest BCUT2D eigenvalue weighted by atomic mass is 32.2. The zero-order chi connectivity index (χ0) is 15.6. The number of hydrogen-bond donors (Lipinski definition) is 0. The van der Waals surface area contributed by atoms with Crippen LogP contribution in [0.4, 0.5) is 0 Å². The number of hydrogen-bond acceptors (Lipinski definition) is 4. The molecule has 122 valence electrons. The number of sulfonamides is 1. The van der Waals surface area contributed by atoms with Crippen molar-refractivity contribution in [2.45, 2.75) is 32.7 Å². The van der Waals surface area contributed by atoms with Crippen molar-refractivity contribution in [1.82, 2.24) is 14.2 Å². The predicted octanol–water partition coefficient (Wildman–Crippen LogP) is 1.72. The Labute approximate surface area is 133 Å². The van der Waals surface area contributed by atoms with Gasteiger partial charge < -0.3 is 0 Å². The fraction of sp³-hybridized carbons (Fsp3) is 0.688. The van der Waals surface area contributed by atoms with Crippen LogP contribution in [-0.2, 0) is 16.6 Å². The molecule has 3 rings (SSSR count). The Hall–Kier alpha value is -0.980. The van der Waals surface area contributed by atoms with Crippen LogP contribution < -0.4 is 0 Å². The van der Waals surface area contributed by atoms with Gasteiger partial charge in [0.2, 0.25) is 10.0 Å². The first-order valence-corrected chi connectivity index (χ1v) is 9.74. The summed E-state index contributed by atoms with van der Waals surface area (Å²) in [6.45, 7) is 6.13. The number of piperidine rings is 1. The number of pyridine rings is 1. The van der Waals surface area contributed by atoms with Gasteiger partial charge in [-0.25, -0.2) is 12.7 Å². The molecule has 0 atom stereocenters. The van der Waals surface area contributed by atoms with Gasteiger partial charge in [0.05, 0.1) is 11.4 Å². The molecule has 22 heavy (non-hydrogen) atoms. The second kappa shape index (κ2) is 6.26. The van der Waals surface area contributed by atoms with Crippen LogP contribution >= 0.6 is 0 Å². The van der Waals surface area contributed by atoms with Gasteiger partial charge in [0, 0.05) is 25.8 Å². The fourth-order valence-electron chi connectivity index (χ4n) is 3.63. The Morgan fingerprint density at radius 3 is 2.55 bits per heavy atom. The van der Waals surface area contributed by atoms with Gasteiger partial charge in [0.1, 0.15) is 0 Å². The summed E-state index contributed by atoms with van der Waals surface area (Å²) in [6.07, 6.45) is 5.04. The normalized spacial score (nSPS) is 23.1. The zero-order valence-corrected chi connectivity index (χ0v) is 14.1. The lowest BCUT2D eigenvalue weighted by Crippen LogP contribution is -2.42. The van der Waals surface area contributed by atoms with E-state index < -0.39 is 10.0 Å². The van der Waals surface area contributed by atoms with Crippen molar-refractivity contribution >= 4 is 10.0 Å². The molecule has 0 N–H and O–H groups in total. The molecule has 0 aliphatic carbocycles. The first kappa shape index (κ1) is 15.9. The van der Waals surface area contributed by atoms with E-state index in [0.29, 0.717) is 6.54 Å². The minimum Gasteiger partial charge on any atom is -0.297 e. The molecule has 1 spiro atoms. The minimum absolute atomic E-state index is 0.211.